The Morgan fingerprint density at radius 3 is 2.29 bits per heavy atom. The average Bonchev–Trinajstić information content (AvgIpc) is 2.71. The number of benzene rings is 2. The minimum atomic E-state index is -0.456. The van der Waals surface area contributed by atoms with Gasteiger partial charge in [0.1, 0.15) is 6.61 Å². The van der Waals surface area contributed by atoms with Crippen LogP contribution in [0.15, 0.2) is 60.7 Å². The first-order chi connectivity index (χ1) is 13.5. The van der Waals surface area contributed by atoms with Crippen molar-refractivity contribution in [2.75, 3.05) is 20.1 Å². The third-order valence-electron chi connectivity index (χ3n) is 4.36. The molecular formula is C22H29N3O3. The van der Waals surface area contributed by atoms with Gasteiger partial charge in [-0.2, -0.15) is 0 Å². The van der Waals surface area contributed by atoms with Crippen molar-refractivity contribution in [1.82, 2.24) is 10.2 Å². The number of hydrogen-bond acceptors (Lipinski definition) is 4. The van der Waals surface area contributed by atoms with Crippen LogP contribution in [0.5, 0.6) is 0 Å². The molecule has 0 heterocycles. The summed E-state index contributed by atoms with van der Waals surface area (Å²) in [6, 6.07) is 19.2. The summed E-state index contributed by atoms with van der Waals surface area (Å²) in [4.78, 5) is 25.6. The molecule has 0 radical (unpaired) electrons. The van der Waals surface area contributed by atoms with Crippen LogP contribution in [-0.2, 0) is 22.6 Å². The van der Waals surface area contributed by atoms with Gasteiger partial charge in [0, 0.05) is 32.6 Å². The average molecular weight is 383 g/mol. The maximum atomic E-state index is 12.3. The van der Waals surface area contributed by atoms with Crippen molar-refractivity contribution in [1.29, 1.82) is 0 Å². The van der Waals surface area contributed by atoms with Gasteiger partial charge in [0.05, 0.1) is 0 Å². The fourth-order valence-corrected chi connectivity index (χ4v) is 2.77. The fraction of sp³-hybridized carbons (Fsp3) is 0.364. The molecule has 150 valence electrons. The number of carbonyl (C=O) groups excluding carboxylic acids is 2. The lowest BCUT2D eigenvalue weighted by molar-refractivity contribution is -0.130. The lowest BCUT2D eigenvalue weighted by atomic mass is 10.0. The normalized spacial score (nSPS) is 11.5. The highest BCUT2D eigenvalue weighted by atomic mass is 16.5. The van der Waals surface area contributed by atoms with Gasteiger partial charge in [0.25, 0.3) is 0 Å². The number of nitrogens with two attached hydrogens (primary N) is 1. The highest BCUT2D eigenvalue weighted by molar-refractivity contribution is 5.76. The Balaban J connectivity index is 1.57. The number of alkyl carbamates (subject to hydrolysis) is 1. The van der Waals surface area contributed by atoms with E-state index in [4.69, 9.17) is 10.5 Å². The van der Waals surface area contributed by atoms with E-state index in [1.165, 1.54) is 0 Å². The number of nitrogens with zero attached hydrogens (tertiary/aromatic N) is 1. The van der Waals surface area contributed by atoms with Gasteiger partial charge < -0.3 is 20.7 Å². The summed E-state index contributed by atoms with van der Waals surface area (Å²) in [6.07, 6.45) is 1.17. The van der Waals surface area contributed by atoms with Gasteiger partial charge in [-0.25, -0.2) is 4.79 Å². The molecule has 0 bridgehead atoms. The first kappa shape index (κ1) is 21.4. The molecule has 2 amide bonds. The van der Waals surface area contributed by atoms with Crippen LogP contribution in [0.25, 0.3) is 0 Å². The Morgan fingerprint density at radius 1 is 1.04 bits per heavy atom. The first-order valence-electron chi connectivity index (χ1n) is 9.52. The van der Waals surface area contributed by atoms with Crippen molar-refractivity contribution >= 4 is 12.0 Å². The third-order valence-corrected chi connectivity index (χ3v) is 4.36. The Bertz CT molecular complexity index is 722. The van der Waals surface area contributed by atoms with Crippen LogP contribution in [0, 0.1) is 0 Å². The summed E-state index contributed by atoms with van der Waals surface area (Å²) >= 11 is 0. The number of nitrogens with one attached hydrogen (secondary N) is 1. The molecule has 0 aliphatic carbocycles. The molecule has 1 unspecified atom stereocenters. The second-order valence-corrected chi connectivity index (χ2v) is 6.81. The lowest BCUT2D eigenvalue weighted by Gasteiger charge is -2.20. The smallest absolute Gasteiger partial charge is 0.407 e. The highest BCUT2D eigenvalue weighted by Crippen LogP contribution is 2.06. The lowest BCUT2D eigenvalue weighted by Crippen LogP contribution is -2.36. The molecule has 1 atom stereocenters. The quantitative estimate of drug-likeness (QED) is 0.618. The number of ether oxygens (including phenoxy) is 1. The van der Waals surface area contributed by atoms with Gasteiger partial charge >= 0.3 is 6.09 Å². The van der Waals surface area contributed by atoms with Crippen molar-refractivity contribution in [2.45, 2.75) is 31.9 Å². The zero-order chi connectivity index (χ0) is 20.2. The van der Waals surface area contributed by atoms with Crippen molar-refractivity contribution in [3.05, 3.63) is 71.8 Å². The number of amides is 2. The Hall–Kier alpha value is -2.86. The summed E-state index contributed by atoms with van der Waals surface area (Å²) < 4.78 is 5.14. The van der Waals surface area contributed by atoms with Crippen LogP contribution in [0.4, 0.5) is 4.79 Å². The minimum Gasteiger partial charge on any atom is -0.445 e. The van der Waals surface area contributed by atoms with E-state index >= 15 is 0 Å². The van der Waals surface area contributed by atoms with Gasteiger partial charge in [-0.05, 0) is 24.0 Å². The van der Waals surface area contributed by atoms with Crippen molar-refractivity contribution in [3.8, 4) is 0 Å². The number of hydrogen-bond donors (Lipinski definition) is 2. The standard InChI is InChI=1S/C22H29N3O3/c1-25(21(26)16-20(23)15-18-9-4-2-5-10-18)14-8-13-24-22(27)28-17-19-11-6-3-7-12-19/h2-7,9-12,20H,8,13-17,23H2,1H3,(H,24,27). The summed E-state index contributed by atoms with van der Waals surface area (Å²) in [5, 5.41) is 2.70. The van der Waals surface area contributed by atoms with Crippen LogP contribution in [0.3, 0.4) is 0 Å². The van der Waals surface area contributed by atoms with Gasteiger partial charge in [-0.1, -0.05) is 60.7 Å². The van der Waals surface area contributed by atoms with Crippen LogP contribution in [0.2, 0.25) is 0 Å². The molecule has 3 N–H and O–H groups in total. The molecule has 6 nitrogen and oxygen atoms in total. The zero-order valence-electron chi connectivity index (χ0n) is 16.3. The number of carbonyl (C=O) groups is 2. The Kier molecular flexibility index (Phi) is 9.01. The maximum absolute atomic E-state index is 12.3. The van der Waals surface area contributed by atoms with Crippen molar-refractivity contribution < 1.29 is 14.3 Å². The molecule has 0 aliphatic rings. The molecule has 2 aromatic carbocycles. The van der Waals surface area contributed by atoms with Crippen molar-refractivity contribution in [3.63, 3.8) is 0 Å². The predicted octanol–water partition coefficient (Wildman–Crippen LogP) is 2.72. The van der Waals surface area contributed by atoms with Crippen molar-refractivity contribution in [2.24, 2.45) is 5.73 Å². The first-order valence-corrected chi connectivity index (χ1v) is 9.52. The molecule has 0 fully saturated rings. The van der Waals surface area contributed by atoms with Crippen LogP contribution in [-0.4, -0.2) is 43.1 Å². The summed E-state index contributed by atoms with van der Waals surface area (Å²) in [6.45, 7) is 1.24. The molecule has 0 aromatic heterocycles. The molecule has 6 heteroatoms. The second kappa shape index (κ2) is 11.8. The topological polar surface area (TPSA) is 84.7 Å². The van der Waals surface area contributed by atoms with E-state index in [1.54, 1.807) is 11.9 Å². The minimum absolute atomic E-state index is 0.00934. The van der Waals surface area contributed by atoms with E-state index in [0.717, 1.165) is 11.1 Å². The van der Waals surface area contributed by atoms with Crippen LogP contribution >= 0.6 is 0 Å². The van der Waals surface area contributed by atoms with Crippen LogP contribution < -0.4 is 11.1 Å². The van der Waals surface area contributed by atoms with Gasteiger partial charge in [-0.3, -0.25) is 4.79 Å². The number of rotatable bonds is 10. The summed E-state index contributed by atoms with van der Waals surface area (Å²) in [7, 11) is 1.76. The third kappa shape index (κ3) is 8.22. The van der Waals surface area contributed by atoms with E-state index in [1.807, 2.05) is 60.7 Å². The van der Waals surface area contributed by atoms with Gasteiger partial charge in [0.15, 0.2) is 0 Å². The predicted molar refractivity (Wildman–Crippen MR) is 110 cm³/mol. The van der Waals surface area contributed by atoms with E-state index in [2.05, 4.69) is 5.32 Å². The molecule has 2 aromatic rings. The van der Waals surface area contributed by atoms with E-state index < -0.39 is 6.09 Å². The van der Waals surface area contributed by atoms with E-state index in [-0.39, 0.29) is 18.6 Å². The molecule has 0 saturated carbocycles. The summed E-state index contributed by atoms with van der Waals surface area (Å²) in [5.41, 5.74) is 8.17. The van der Waals surface area contributed by atoms with E-state index in [9.17, 15) is 9.59 Å². The maximum Gasteiger partial charge on any atom is 0.407 e. The monoisotopic (exact) mass is 383 g/mol. The largest absolute Gasteiger partial charge is 0.445 e. The SMILES string of the molecule is CN(CCCNC(=O)OCc1ccccc1)C(=O)CC(N)Cc1ccccc1. The molecule has 0 spiro atoms. The zero-order valence-corrected chi connectivity index (χ0v) is 16.3. The Labute approximate surface area is 166 Å². The fourth-order valence-electron chi connectivity index (χ4n) is 2.77. The molecular weight excluding hydrogens is 354 g/mol. The van der Waals surface area contributed by atoms with Gasteiger partial charge in [-0.15, -0.1) is 0 Å². The molecule has 2 rings (SSSR count). The summed E-state index contributed by atoms with van der Waals surface area (Å²) in [5.74, 6) is 0.00934. The highest BCUT2D eigenvalue weighted by Gasteiger charge is 2.14. The second-order valence-electron chi connectivity index (χ2n) is 6.81. The molecule has 0 saturated heterocycles. The van der Waals surface area contributed by atoms with E-state index in [0.29, 0.717) is 32.4 Å². The Morgan fingerprint density at radius 2 is 1.64 bits per heavy atom. The van der Waals surface area contributed by atoms with Gasteiger partial charge in [0.2, 0.25) is 5.91 Å². The van der Waals surface area contributed by atoms with Crippen LogP contribution in [0.1, 0.15) is 24.0 Å². The molecule has 0 aliphatic heterocycles. The molecule has 28 heavy (non-hydrogen) atoms.